The lowest BCUT2D eigenvalue weighted by atomic mass is 9.84. The van der Waals surface area contributed by atoms with E-state index in [1.165, 1.54) is 5.56 Å². The third-order valence-electron chi connectivity index (χ3n) is 3.12. The fourth-order valence-electron chi connectivity index (χ4n) is 1.85. The fourth-order valence-corrected chi connectivity index (χ4v) is 1.85. The second-order valence-corrected chi connectivity index (χ2v) is 4.89. The maximum atomic E-state index is 5.47. The number of nitrogens with two attached hydrogens (primary N) is 1. The lowest BCUT2D eigenvalue weighted by molar-refractivity contribution is 0.364. The molecule has 0 radical (unpaired) electrons. The van der Waals surface area contributed by atoms with Gasteiger partial charge < -0.3 is 10.3 Å². The highest BCUT2D eigenvalue weighted by Crippen LogP contribution is 2.28. The molecule has 18 heavy (non-hydrogen) atoms. The number of nitrogens with zero attached hydrogens (tertiary/aromatic N) is 2. The summed E-state index contributed by atoms with van der Waals surface area (Å²) in [5.41, 5.74) is 6.40. The number of aryl methyl sites for hydroxylation is 1. The number of hydrogen-bond donors (Lipinski definition) is 1. The molecule has 0 atom stereocenters. The van der Waals surface area contributed by atoms with Crippen molar-refractivity contribution in [2.24, 2.45) is 5.73 Å². The van der Waals surface area contributed by atoms with Crippen LogP contribution in [0.1, 0.15) is 37.5 Å². The van der Waals surface area contributed by atoms with Gasteiger partial charge in [0.2, 0.25) is 5.89 Å². The molecule has 4 nitrogen and oxygen atoms in total. The van der Waals surface area contributed by atoms with Gasteiger partial charge in [0.15, 0.2) is 5.82 Å². The third-order valence-corrected chi connectivity index (χ3v) is 3.12. The molecule has 1 heterocycles. The lowest BCUT2D eigenvalue weighted by Gasteiger charge is -2.20. The molecule has 0 spiro atoms. The number of hydrogen-bond acceptors (Lipinski definition) is 4. The molecule has 2 aromatic rings. The van der Waals surface area contributed by atoms with Gasteiger partial charge in [0.25, 0.3) is 0 Å². The van der Waals surface area contributed by atoms with Crippen molar-refractivity contribution >= 4 is 0 Å². The van der Waals surface area contributed by atoms with Crippen LogP contribution in [0.3, 0.4) is 0 Å². The van der Waals surface area contributed by atoms with Gasteiger partial charge in [-0.25, -0.2) is 0 Å². The molecule has 2 N–H and O–H groups in total. The van der Waals surface area contributed by atoms with Gasteiger partial charge in [-0.2, -0.15) is 4.98 Å². The van der Waals surface area contributed by atoms with E-state index in [0.717, 1.165) is 18.7 Å². The van der Waals surface area contributed by atoms with Crippen molar-refractivity contribution in [3.05, 3.63) is 47.6 Å². The molecule has 0 aliphatic heterocycles. The molecule has 1 aromatic heterocycles. The highest BCUT2D eigenvalue weighted by atomic mass is 16.5. The molecule has 1 aromatic carbocycles. The van der Waals surface area contributed by atoms with Crippen molar-refractivity contribution in [2.45, 2.75) is 32.1 Å². The molecular formula is C14H19N3O. The van der Waals surface area contributed by atoms with Crippen molar-refractivity contribution in [1.29, 1.82) is 0 Å². The van der Waals surface area contributed by atoms with Crippen molar-refractivity contribution in [3.63, 3.8) is 0 Å². The number of benzene rings is 1. The van der Waals surface area contributed by atoms with Gasteiger partial charge in [0.05, 0.1) is 5.41 Å². The van der Waals surface area contributed by atoms with Gasteiger partial charge in [0.1, 0.15) is 0 Å². The zero-order valence-electron chi connectivity index (χ0n) is 10.9. The van der Waals surface area contributed by atoms with Crippen LogP contribution >= 0.6 is 0 Å². The Morgan fingerprint density at radius 1 is 1.22 bits per heavy atom. The Kier molecular flexibility index (Phi) is 3.77. The predicted octanol–water partition coefficient (Wildman–Crippen LogP) is 2.29. The standard InChI is InChI=1S/C14H19N3O/c1-14(2,11-7-4-3-5-8-11)13-16-12(18-17-13)9-6-10-15/h3-5,7-8H,6,9-10,15H2,1-2H3. The lowest BCUT2D eigenvalue weighted by Crippen LogP contribution is -2.20. The number of aromatic nitrogens is 2. The van der Waals surface area contributed by atoms with Gasteiger partial charge >= 0.3 is 0 Å². The van der Waals surface area contributed by atoms with Crippen LogP contribution in [0, 0.1) is 0 Å². The first-order chi connectivity index (χ1) is 8.64. The van der Waals surface area contributed by atoms with Gasteiger partial charge in [-0.15, -0.1) is 0 Å². The van der Waals surface area contributed by atoms with Crippen LogP contribution in [-0.2, 0) is 11.8 Å². The second-order valence-electron chi connectivity index (χ2n) is 4.89. The number of rotatable bonds is 5. The third kappa shape index (κ3) is 2.59. The largest absolute Gasteiger partial charge is 0.339 e. The van der Waals surface area contributed by atoms with Crippen LogP contribution in [0.5, 0.6) is 0 Å². The van der Waals surface area contributed by atoms with Gasteiger partial charge in [0, 0.05) is 6.42 Å². The van der Waals surface area contributed by atoms with Crippen molar-refractivity contribution < 1.29 is 4.52 Å². The van der Waals surface area contributed by atoms with E-state index in [9.17, 15) is 0 Å². The monoisotopic (exact) mass is 245 g/mol. The van der Waals surface area contributed by atoms with Crippen LogP contribution in [0.4, 0.5) is 0 Å². The van der Waals surface area contributed by atoms with E-state index >= 15 is 0 Å². The predicted molar refractivity (Wildman–Crippen MR) is 70.2 cm³/mol. The second kappa shape index (κ2) is 5.31. The van der Waals surface area contributed by atoms with Crippen LogP contribution in [-0.4, -0.2) is 16.7 Å². The molecular weight excluding hydrogens is 226 g/mol. The molecule has 0 saturated heterocycles. The Labute approximate surface area is 107 Å². The molecule has 96 valence electrons. The molecule has 2 rings (SSSR count). The van der Waals surface area contributed by atoms with E-state index in [2.05, 4.69) is 36.1 Å². The minimum atomic E-state index is -0.244. The average molecular weight is 245 g/mol. The molecule has 0 aliphatic rings. The smallest absolute Gasteiger partial charge is 0.226 e. The van der Waals surface area contributed by atoms with Crippen LogP contribution in [0.2, 0.25) is 0 Å². The van der Waals surface area contributed by atoms with Gasteiger partial charge in [-0.05, 0) is 32.4 Å². The molecule has 0 amide bonds. The molecule has 4 heteroatoms. The zero-order chi connectivity index (χ0) is 13.0. The maximum Gasteiger partial charge on any atom is 0.226 e. The summed E-state index contributed by atoms with van der Waals surface area (Å²) in [6.45, 7) is 4.83. The highest BCUT2D eigenvalue weighted by molar-refractivity contribution is 5.30. The quantitative estimate of drug-likeness (QED) is 0.877. The maximum absolute atomic E-state index is 5.47. The molecule has 0 fully saturated rings. The topological polar surface area (TPSA) is 64.9 Å². The first-order valence-electron chi connectivity index (χ1n) is 6.23. The summed E-state index contributed by atoms with van der Waals surface area (Å²) in [4.78, 5) is 4.46. The summed E-state index contributed by atoms with van der Waals surface area (Å²) in [5, 5.41) is 4.09. The minimum absolute atomic E-state index is 0.244. The Bertz CT molecular complexity index is 491. The molecule has 0 aliphatic carbocycles. The van der Waals surface area contributed by atoms with E-state index < -0.39 is 0 Å². The summed E-state index contributed by atoms with van der Waals surface area (Å²) < 4.78 is 5.26. The van der Waals surface area contributed by atoms with Crippen LogP contribution < -0.4 is 5.73 Å². The van der Waals surface area contributed by atoms with Crippen LogP contribution in [0.25, 0.3) is 0 Å². The summed E-state index contributed by atoms with van der Waals surface area (Å²) in [7, 11) is 0. The van der Waals surface area contributed by atoms with E-state index in [0.29, 0.717) is 12.4 Å². The average Bonchev–Trinajstić information content (AvgIpc) is 2.87. The van der Waals surface area contributed by atoms with E-state index in [-0.39, 0.29) is 5.41 Å². The summed E-state index contributed by atoms with van der Waals surface area (Å²) in [6.07, 6.45) is 1.61. The fraction of sp³-hybridized carbons (Fsp3) is 0.429. The molecule has 0 bridgehead atoms. The van der Waals surface area contributed by atoms with Gasteiger partial charge in [-0.3, -0.25) is 0 Å². The Morgan fingerprint density at radius 2 is 1.94 bits per heavy atom. The van der Waals surface area contributed by atoms with E-state index in [1.54, 1.807) is 0 Å². The zero-order valence-corrected chi connectivity index (χ0v) is 10.9. The SMILES string of the molecule is CC(C)(c1ccccc1)c1noc(CCCN)n1. The summed E-state index contributed by atoms with van der Waals surface area (Å²) in [6, 6.07) is 10.2. The Hall–Kier alpha value is -1.68. The first-order valence-corrected chi connectivity index (χ1v) is 6.23. The molecule has 0 unspecified atom stereocenters. The van der Waals surface area contributed by atoms with Crippen molar-refractivity contribution in [1.82, 2.24) is 10.1 Å². The van der Waals surface area contributed by atoms with Crippen molar-refractivity contribution in [3.8, 4) is 0 Å². The Morgan fingerprint density at radius 3 is 2.61 bits per heavy atom. The van der Waals surface area contributed by atoms with E-state index in [4.69, 9.17) is 10.3 Å². The van der Waals surface area contributed by atoms with E-state index in [1.807, 2.05) is 18.2 Å². The Balaban J connectivity index is 2.22. The first kappa shape index (κ1) is 12.8. The van der Waals surface area contributed by atoms with Gasteiger partial charge in [-0.1, -0.05) is 35.5 Å². The van der Waals surface area contributed by atoms with Crippen molar-refractivity contribution in [2.75, 3.05) is 6.54 Å². The van der Waals surface area contributed by atoms with Crippen LogP contribution in [0.15, 0.2) is 34.9 Å². The normalized spacial score (nSPS) is 11.7. The minimum Gasteiger partial charge on any atom is -0.339 e. The molecule has 0 saturated carbocycles. The summed E-state index contributed by atoms with van der Waals surface area (Å²) >= 11 is 0. The highest BCUT2D eigenvalue weighted by Gasteiger charge is 2.28. The summed E-state index contributed by atoms with van der Waals surface area (Å²) in [5.74, 6) is 1.39.